The van der Waals surface area contributed by atoms with E-state index in [1.165, 1.54) is 6.07 Å². The molecule has 5 nitrogen and oxygen atoms in total. The number of nitrogens with two attached hydrogens (primary N) is 1. The van der Waals surface area contributed by atoms with Crippen LogP contribution in [-0.4, -0.2) is 22.5 Å². The predicted molar refractivity (Wildman–Crippen MR) is 70.2 cm³/mol. The first-order valence-electron chi connectivity index (χ1n) is 5.55. The molecule has 0 atom stereocenters. The van der Waals surface area contributed by atoms with Crippen LogP contribution in [0.15, 0.2) is 22.7 Å². The third-order valence-electron chi connectivity index (χ3n) is 3.20. The van der Waals surface area contributed by atoms with E-state index in [2.05, 4.69) is 21.2 Å². The Morgan fingerprint density at radius 1 is 1.39 bits per heavy atom. The maximum Gasteiger partial charge on any atom is 0.329 e. The summed E-state index contributed by atoms with van der Waals surface area (Å²) in [4.78, 5) is 23.2. The lowest BCUT2D eigenvalue weighted by Crippen LogP contribution is -2.59. The summed E-state index contributed by atoms with van der Waals surface area (Å²) < 4.78 is 0.592. The van der Waals surface area contributed by atoms with Crippen LogP contribution < -0.4 is 11.1 Å². The van der Waals surface area contributed by atoms with Crippen molar-refractivity contribution in [1.29, 1.82) is 0 Å². The molecule has 1 aromatic rings. The molecule has 0 radical (unpaired) electrons. The molecule has 1 amide bonds. The van der Waals surface area contributed by atoms with Crippen molar-refractivity contribution < 1.29 is 14.7 Å². The molecule has 4 N–H and O–H groups in total. The minimum absolute atomic E-state index is 0.350. The summed E-state index contributed by atoms with van der Waals surface area (Å²) in [5, 5.41) is 11.7. The monoisotopic (exact) mass is 312 g/mol. The number of halogens is 1. The predicted octanol–water partition coefficient (Wildman–Crippen LogP) is 1.77. The lowest BCUT2D eigenvalue weighted by atomic mass is 9.76. The molecule has 1 aliphatic rings. The van der Waals surface area contributed by atoms with Gasteiger partial charge in [0, 0.05) is 10.2 Å². The van der Waals surface area contributed by atoms with Crippen LogP contribution in [0.25, 0.3) is 0 Å². The van der Waals surface area contributed by atoms with Crippen molar-refractivity contribution in [3.05, 3.63) is 28.2 Å². The number of amides is 1. The summed E-state index contributed by atoms with van der Waals surface area (Å²) in [6.07, 6.45) is 1.74. The first kappa shape index (κ1) is 12.9. The molecule has 0 unspecified atom stereocenters. The maximum atomic E-state index is 12.1. The first-order chi connectivity index (χ1) is 8.44. The van der Waals surface area contributed by atoms with Crippen LogP contribution >= 0.6 is 15.9 Å². The Bertz CT molecular complexity index is 512. The third kappa shape index (κ3) is 2.20. The van der Waals surface area contributed by atoms with Gasteiger partial charge in [-0.2, -0.15) is 0 Å². The van der Waals surface area contributed by atoms with Gasteiger partial charge in [0.25, 0.3) is 5.91 Å². The first-order valence-corrected chi connectivity index (χ1v) is 6.35. The van der Waals surface area contributed by atoms with E-state index in [4.69, 9.17) is 10.8 Å². The van der Waals surface area contributed by atoms with E-state index in [0.717, 1.165) is 6.42 Å². The summed E-state index contributed by atoms with van der Waals surface area (Å²) in [6.45, 7) is 0. The van der Waals surface area contributed by atoms with Gasteiger partial charge in [-0.1, -0.05) is 0 Å². The largest absolute Gasteiger partial charge is 0.480 e. The van der Waals surface area contributed by atoms with Crippen LogP contribution in [0.5, 0.6) is 0 Å². The Hall–Kier alpha value is -1.56. The van der Waals surface area contributed by atoms with Gasteiger partial charge in [0.1, 0.15) is 5.54 Å². The zero-order chi connectivity index (χ0) is 13.3. The molecule has 0 aliphatic heterocycles. The molecule has 0 bridgehead atoms. The molecule has 96 valence electrons. The Morgan fingerprint density at radius 3 is 2.56 bits per heavy atom. The van der Waals surface area contributed by atoms with Crippen LogP contribution in [0.3, 0.4) is 0 Å². The van der Waals surface area contributed by atoms with Crippen molar-refractivity contribution in [1.82, 2.24) is 5.32 Å². The van der Waals surface area contributed by atoms with Gasteiger partial charge in [-0.15, -0.1) is 0 Å². The van der Waals surface area contributed by atoms with Crippen LogP contribution in [0, 0.1) is 0 Å². The number of anilines is 1. The van der Waals surface area contributed by atoms with E-state index in [1.807, 2.05) is 0 Å². The zero-order valence-electron chi connectivity index (χ0n) is 9.57. The molecular formula is C12H13BrN2O3. The number of hydrogen-bond donors (Lipinski definition) is 3. The van der Waals surface area contributed by atoms with Crippen molar-refractivity contribution >= 4 is 33.5 Å². The fourth-order valence-electron chi connectivity index (χ4n) is 1.92. The average Bonchev–Trinajstić information content (AvgIpc) is 2.26. The summed E-state index contributed by atoms with van der Waals surface area (Å²) in [7, 11) is 0. The molecule has 1 saturated carbocycles. The molecule has 1 aliphatic carbocycles. The molecule has 18 heavy (non-hydrogen) atoms. The van der Waals surface area contributed by atoms with Crippen LogP contribution in [0.1, 0.15) is 29.6 Å². The van der Waals surface area contributed by atoms with Crippen LogP contribution in [0.2, 0.25) is 0 Å². The van der Waals surface area contributed by atoms with Gasteiger partial charge in [0.05, 0.1) is 5.56 Å². The average molecular weight is 313 g/mol. The smallest absolute Gasteiger partial charge is 0.329 e. The van der Waals surface area contributed by atoms with E-state index in [9.17, 15) is 9.59 Å². The highest BCUT2D eigenvalue weighted by molar-refractivity contribution is 9.10. The van der Waals surface area contributed by atoms with Gasteiger partial charge in [-0.3, -0.25) is 4.79 Å². The highest BCUT2D eigenvalue weighted by Crippen LogP contribution is 2.33. The standard InChI is InChI=1S/C12H13BrN2O3/c13-9-3-2-7(14)6-8(9)10(16)15-12(11(17)18)4-1-5-12/h2-3,6H,1,4-5,14H2,(H,15,16)(H,17,18). The van der Waals surface area contributed by atoms with Gasteiger partial charge < -0.3 is 16.2 Å². The van der Waals surface area contributed by atoms with Gasteiger partial charge >= 0.3 is 5.97 Å². The number of carbonyl (C=O) groups is 2. The molecule has 0 saturated heterocycles. The number of hydrogen-bond acceptors (Lipinski definition) is 3. The SMILES string of the molecule is Nc1ccc(Br)c(C(=O)NC2(C(=O)O)CCC2)c1. The van der Waals surface area contributed by atoms with Crippen molar-refractivity contribution in [3.8, 4) is 0 Å². The van der Waals surface area contributed by atoms with E-state index in [-0.39, 0.29) is 0 Å². The topological polar surface area (TPSA) is 92.4 Å². The van der Waals surface area contributed by atoms with E-state index >= 15 is 0 Å². The molecule has 0 spiro atoms. The van der Waals surface area contributed by atoms with Crippen LogP contribution in [0.4, 0.5) is 5.69 Å². The second-order valence-electron chi connectivity index (χ2n) is 4.43. The normalized spacial score (nSPS) is 16.7. The van der Waals surface area contributed by atoms with Crippen molar-refractivity contribution in [2.45, 2.75) is 24.8 Å². The third-order valence-corrected chi connectivity index (χ3v) is 3.90. The molecule has 0 heterocycles. The summed E-state index contributed by atoms with van der Waals surface area (Å²) >= 11 is 3.25. The number of nitrogen functional groups attached to an aromatic ring is 1. The van der Waals surface area contributed by atoms with E-state index in [1.54, 1.807) is 12.1 Å². The van der Waals surface area contributed by atoms with Gasteiger partial charge in [-0.25, -0.2) is 4.79 Å². The second-order valence-corrected chi connectivity index (χ2v) is 5.29. The molecule has 0 aromatic heterocycles. The number of carbonyl (C=O) groups excluding carboxylic acids is 1. The zero-order valence-corrected chi connectivity index (χ0v) is 11.2. The Morgan fingerprint density at radius 2 is 2.06 bits per heavy atom. The van der Waals surface area contributed by atoms with E-state index in [0.29, 0.717) is 28.6 Å². The fraction of sp³-hybridized carbons (Fsp3) is 0.333. The summed E-state index contributed by atoms with van der Waals surface area (Å²) in [5.74, 6) is -1.40. The Labute approximate surface area is 112 Å². The van der Waals surface area contributed by atoms with Crippen molar-refractivity contribution in [2.24, 2.45) is 0 Å². The minimum atomic E-state index is -1.11. The lowest BCUT2D eigenvalue weighted by Gasteiger charge is -2.38. The highest BCUT2D eigenvalue weighted by atomic mass is 79.9. The molecular weight excluding hydrogens is 300 g/mol. The summed E-state index contributed by atoms with van der Waals surface area (Å²) in [6, 6.07) is 4.85. The number of carboxylic acid groups (broad SMARTS) is 1. The minimum Gasteiger partial charge on any atom is -0.480 e. The van der Waals surface area contributed by atoms with Crippen molar-refractivity contribution in [3.63, 3.8) is 0 Å². The quantitative estimate of drug-likeness (QED) is 0.742. The van der Waals surface area contributed by atoms with Crippen LogP contribution in [-0.2, 0) is 4.79 Å². The van der Waals surface area contributed by atoms with Gasteiger partial charge in [0.2, 0.25) is 0 Å². The van der Waals surface area contributed by atoms with Crippen molar-refractivity contribution in [2.75, 3.05) is 5.73 Å². The Kier molecular flexibility index (Phi) is 3.30. The number of aliphatic carboxylic acids is 1. The number of rotatable bonds is 3. The maximum absolute atomic E-state index is 12.1. The molecule has 1 aromatic carbocycles. The lowest BCUT2D eigenvalue weighted by molar-refractivity contribution is -0.148. The summed E-state index contributed by atoms with van der Waals surface area (Å²) in [5.41, 5.74) is 5.32. The van der Waals surface area contributed by atoms with E-state index < -0.39 is 17.4 Å². The second kappa shape index (κ2) is 4.61. The Balaban J connectivity index is 2.22. The fourth-order valence-corrected chi connectivity index (χ4v) is 2.35. The highest BCUT2D eigenvalue weighted by Gasteiger charge is 2.45. The molecule has 1 fully saturated rings. The number of benzene rings is 1. The number of nitrogens with one attached hydrogen (secondary N) is 1. The molecule has 6 heteroatoms. The molecule has 2 rings (SSSR count). The van der Waals surface area contributed by atoms with Gasteiger partial charge in [-0.05, 0) is 53.4 Å². The van der Waals surface area contributed by atoms with Gasteiger partial charge in [0.15, 0.2) is 0 Å². The number of carboxylic acids is 1.